The van der Waals surface area contributed by atoms with Crippen LogP contribution in [0.4, 0.5) is 18.9 Å². The SMILES string of the molecule is CC#CC1CN(S(=O)(=O)c2ccc(Cl)nc2)CCN1c1ccc([C@](C)(O)C(F)(F)F)cc1. The van der Waals surface area contributed by atoms with E-state index in [1.807, 2.05) is 4.90 Å². The van der Waals surface area contributed by atoms with E-state index < -0.39 is 27.8 Å². The molecule has 0 amide bonds. The number of anilines is 1. The summed E-state index contributed by atoms with van der Waals surface area (Å²) in [4.78, 5) is 5.66. The number of sulfonamides is 1. The van der Waals surface area contributed by atoms with Crippen molar-refractivity contribution in [2.24, 2.45) is 0 Å². The van der Waals surface area contributed by atoms with Gasteiger partial charge in [-0.2, -0.15) is 17.5 Å². The van der Waals surface area contributed by atoms with Gasteiger partial charge in [0.1, 0.15) is 16.1 Å². The predicted octanol–water partition coefficient (Wildman–Crippen LogP) is 3.41. The summed E-state index contributed by atoms with van der Waals surface area (Å²) in [5.74, 6) is 5.75. The molecule has 2 atom stereocenters. The van der Waals surface area contributed by atoms with Crippen LogP contribution in [-0.2, 0) is 15.6 Å². The highest BCUT2D eigenvalue weighted by Crippen LogP contribution is 2.39. The van der Waals surface area contributed by atoms with Crippen LogP contribution in [-0.4, -0.2) is 54.7 Å². The van der Waals surface area contributed by atoms with Crippen molar-refractivity contribution >= 4 is 27.3 Å². The van der Waals surface area contributed by atoms with Crippen molar-refractivity contribution in [1.82, 2.24) is 9.29 Å². The van der Waals surface area contributed by atoms with Crippen LogP contribution in [0.3, 0.4) is 0 Å². The summed E-state index contributed by atoms with van der Waals surface area (Å²) in [6.45, 7) is 2.80. The second kappa shape index (κ2) is 8.90. The number of rotatable bonds is 4. The number of alkyl halides is 3. The van der Waals surface area contributed by atoms with E-state index in [-0.39, 0.29) is 35.2 Å². The van der Waals surface area contributed by atoms with Crippen molar-refractivity contribution in [3.05, 3.63) is 53.3 Å². The third kappa shape index (κ3) is 4.71. The fourth-order valence-corrected chi connectivity index (χ4v) is 4.88. The molecule has 1 aliphatic rings. The molecule has 0 bridgehead atoms. The van der Waals surface area contributed by atoms with Crippen LogP contribution in [0.2, 0.25) is 5.15 Å². The molecule has 1 fully saturated rings. The molecule has 3 rings (SSSR count). The lowest BCUT2D eigenvalue weighted by atomic mass is 9.95. The average molecular weight is 488 g/mol. The van der Waals surface area contributed by atoms with Crippen molar-refractivity contribution in [1.29, 1.82) is 0 Å². The zero-order valence-electron chi connectivity index (χ0n) is 17.3. The Kier molecular flexibility index (Phi) is 6.77. The lowest BCUT2D eigenvalue weighted by molar-refractivity contribution is -0.258. The van der Waals surface area contributed by atoms with Gasteiger partial charge in [0.25, 0.3) is 0 Å². The highest BCUT2D eigenvalue weighted by Gasteiger charge is 2.51. The van der Waals surface area contributed by atoms with Gasteiger partial charge in [0.05, 0.1) is 0 Å². The standard InChI is InChI=1S/C21H21ClF3N3O3S/c1-3-4-17-14-27(32(30,31)18-9-10-19(22)26-13-18)11-12-28(17)16-7-5-15(6-8-16)20(2,29)21(23,24)25/h5-10,13,17,29H,11-12,14H2,1-2H3/t17?,20-/m0/s1. The summed E-state index contributed by atoms with van der Waals surface area (Å²) < 4.78 is 66.6. The van der Waals surface area contributed by atoms with Crippen LogP contribution in [0.1, 0.15) is 19.4 Å². The van der Waals surface area contributed by atoms with Gasteiger partial charge in [-0.3, -0.25) is 0 Å². The average Bonchev–Trinajstić information content (AvgIpc) is 2.73. The highest BCUT2D eigenvalue weighted by atomic mass is 35.5. The van der Waals surface area contributed by atoms with Crippen LogP contribution in [0, 0.1) is 11.8 Å². The molecule has 1 aromatic heterocycles. The Hall–Kier alpha value is -2.32. The molecule has 0 spiro atoms. The molecular formula is C21H21ClF3N3O3S. The Morgan fingerprint density at radius 3 is 2.34 bits per heavy atom. The highest BCUT2D eigenvalue weighted by molar-refractivity contribution is 7.89. The molecule has 2 aromatic rings. The molecule has 11 heteroatoms. The summed E-state index contributed by atoms with van der Waals surface area (Å²) in [6.07, 6.45) is -3.63. The second-order valence-corrected chi connectivity index (χ2v) is 9.73. The van der Waals surface area contributed by atoms with E-state index in [0.29, 0.717) is 12.6 Å². The molecule has 1 aromatic carbocycles. The minimum absolute atomic E-state index is 0.0114. The van der Waals surface area contributed by atoms with Crippen LogP contribution >= 0.6 is 11.6 Å². The maximum Gasteiger partial charge on any atom is 0.421 e. The first-order valence-electron chi connectivity index (χ1n) is 9.58. The first-order chi connectivity index (χ1) is 14.9. The second-order valence-electron chi connectivity index (χ2n) is 7.40. The lowest BCUT2D eigenvalue weighted by Crippen LogP contribution is -2.54. The van der Waals surface area contributed by atoms with Crippen LogP contribution in [0.5, 0.6) is 0 Å². The van der Waals surface area contributed by atoms with Gasteiger partial charge < -0.3 is 10.0 Å². The van der Waals surface area contributed by atoms with Gasteiger partial charge in [0, 0.05) is 31.5 Å². The van der Waals surface area contributed by atoms with Crippen molar-refractivity contribution in [3.8, 4) is 11.8 Å². The molecule has 1 saturated heterocycles. The Bertz CT molecular complexity index is 1130. The maximum atomic E-state index is 13.1. The maximum absolute atomic E-state index is 13.1. The van der Waals surface area contributed by atoms with Crippen molar-refractivity contribution in [2.75, 3.05) is 24.5 Å². The van der Waals surface area contributed by atoms with Crippen molar-refractivity contribution in [3.63, 3.8) is 0 Å². The van der Waals surface area contributed by atoms with Gasteiger partial charge in [-0.1, -0.05) is 29.7 Å². The smallest absolute Gasteiger partial charge is 0.376 e. The topological polar surface area (TPSA) is 73.7 Å². The number of hydrogen-bond donors (Lipinski definition) is 1. The normalized spacial score (nSPS) is 19.7. The number of nitrogens with zero attached hydrogens (tertiary/aromatic N) is 3. The molecule has 1 unspecified atom stereocenters. The predicted molar refractivity (Wildman–Crippen MR) is 115 cm³/mol. The van der Waals surface area contributed by atoms with Crippen molar-refractivity contribution < 1.29 is 26.7 Å². The van der Waals surface area contributed by atoms with Crippen LogP contribution in [0.15, 0.2) is 47.5 Å². The molecule has 0 aliphatic carbocycles. The van der Waals surface area contributed by atoms with Gasteiger partial charge in [0.15, 0.2) is 5.60 Å². The largest absolute Gasteiger partial charge is 0.421 e. The third-order valence-electron chi connectivity index (χ3n) is 5.31. The number of piperazine rings is 1. The van der Waals surface area contributed by atoms with E-state index in [9.17, 15) is 26.7 Å². The molecule has 32 heavy (non-hydrogen) atoms. The quantitative estimate of drug-likeness (QED) is 0.528. The Morgan fingerprint density at radius 2 is 1.81 bits per heavy atom. The molecule has 1 N–H and O–H groups in total. The number of pyridine rings is 1. The van der Waals surface area contributed by atoms with Gasteiger partial charge in [-0.25, -0.2) is 13.4 Å². The van der Waals surface area contributed by atoms with Gasteiger partial charge in [-0.15, -0.1) is 5.92 Å². The number of benzene rings is 1. The zero-order valence-corrected chi connectivity index (χ0v) is 18.8. The van der Waals surface area contributed by atoms with Crippen LogP contribution < -0.4 is 4.90 Å². The fourth-order valence-electron chi connectivity index (χ4n) is 3.38. The van der Waals surface area contributed by atoms with Gasteiger partial charge in [0.2, 0.25) is 10.0 Å². The molecule has 6 nitrogen and oxygen atoms in total. The molecular weight excluding hydrogens is 467 g/mol. The molecule has 172 valence electrons. The first kappa shape index (κ1) is 24.3. The number of hydrogen-bond acceptors (Lipinski definition) is 5. The zero-order chi connectivity index (χ0) is 23.7. The van der Waals surface area contributed by atoms with Gasteiger partial charge >= 0.3 is 6.18 Å². The number of aliphatic hydroxyl groups is 1. The Balaban J connectivity index is 1.84. The summed E-state index contributed by atoms with van der Waals surface area (Å²) in [5, 5.41) is 10.0. The Labute approximate surface area is 189 Å². The minimum atomic E-state index is -4.82. The summed E-state index contributed by atoms with van der Waals surface area (Å²) in [6, 6.07) is 7.61. The summed E-state index contributed by atoms with van der Waals surface area (Å²) in [7, 11) is -3.82. The third-order valence-corrected chi connectivity index (χ3v) is 7.38. The molecule has 1 aliphatic heterocycles. The summed E-state index contributed by atoms with van der Waals surface area (Å²) in [5.41, 5.74) is -2.69. The fraction of sp³-hybridized carbons (Fsp3) is 0.381. The monoisotopic (exact) mass is 487 g/mol. The van der Waals surface area contributed by atoms with E-state index in [1.54, 1.807) is 6.92 Å². The Morgan fingerprint density at radius 1 is 1.16 bits per heavy atom. The molecule has 0 radical (unpaired) electrons. The molecule has 0 saturated carbocycles. The molecule has 2 heterocycles. The van der Waals surface area contributed by atoms with E-state index in [1.165, 1.54) is 46.9 Å². The van der Waals surface area contributed by atoms with Crippen molar-refractivity contribution in [2.45, 2.75) is 36.6 Å². The van der Waals surface area contributed by atoms with Crippen LogP contribution in [0.25, 0.3) is 0 Å². The first-order valence-corrected chi connectivity index (χ1v) is 11.4. The van der Waals surface area contributed by atoms with Gasteiger partial charge in [-0.05, 0) is 43.7 Å². The van der Waals surface area contributed by atoms with E-state index in [0.717, 1.165) is 0 Å². The van der Waals surface area contributed by atoms with E-state index >= 15 is 0 Å². The van der Waals surface area contributed by atoms with E-state index in [4.69, 9.17) is 11.6 Å². The summed E-state index contributed by atoms with van der Waals surface area (Å²) >= 11 is 5.74. The number of halogens is 4. The minimum Gasteiger partial charge on any atom is -0.376 e. The lowest BCUT2D eigenvalue weighted by Gasteiger charge is -2.40. The van der Waals surface area contributed by atoms with E-state index in [2.05, 4.69) is 16.8 Å². The number of aromatic nitrogens is 1.